The number of ether oxygens (including phenoxy) is 1. The summed E-state index contributed by atoms with van der Waals surface area (Å²) in [4.78, 5) is 31.8. The van der Waals surface area contributed by atoms with Crippen molar-refractivity contribution in [2.75, 3.05) is 7.11 Å². The molecule has 0 saturated heterocycles. The maximum Gasteiger partial charge on any atom is 0.283 e. The molecule has 3 aromatic rings. The lowest BCUT2D eigenvalue weighted by atomic mass is 10.1. The third-order valence-corrected chi connectivity index (χ3v) is 4.68. The summed E-state index contributed by atoms with van der Waals surface area (Å²) in [5.41, 5.74) is 0.975. The van der Waals surface area contributed by atoms with Crippen LogP contribution >= 0.6 is 11.8 Å². The fourth-order valence-electron chi connectivity index (χ4n) is 2.33. The Hall–Kier alpha value is -3.52. The molecule has 7 nitrogen and oxygen atoms in total. The van der Waals surface area contributed by atoms with E-state index in [-0.39, 0.29) is 11.5 Å². The second-order valence-corrected chi connectivity index (χ2v) is 6.55. The van der Waals surface area contributed by atoms with Gasteiger partial charge in [-0.25, -0.2) is 9.97 Å². The van der Waals surface area contributed by atoms with Crippen LogP contribution in [0.15, 0.2) is 77.1 Å². The first kappa shape index (κ1) is 19.2. The van der Waals surface area contributed by atoms with E-state index in [1.165, 1.54) is 12.1 Å². The zero-order valence-electron chi connectivity index (χ0n) is 14.8. The average Bonchev–Trinajstić information content (AvgIpc) is 2.73. The van der Waals surface area contributed by atoms with Gasteiger partial charge in [0.2, 0.25) is 0 Å². The normalized spacial score (nSPS) is 10.8. The molecule has 2 aromatic carbocycles. The molecule has 0 radical (unpaired) electrons. The third kappa shape index (κ3) is 4.80. The van der Waals surface area contributed by atoms with Gasteiger partial charge in [-0.2, -0.15) is 0 Å². The molecule has 0 saturated carbocycles. The van der Waals surface area contributed by atoms with Crippen molar-refractivity contribution in [2.24, 2.45) is 0 Å². The van der Waals surface area contributed by atoms with E-state index >= 15 is 0 Å². The van der Waals surface area contributed by atoms with Gasteiger partial charge in [-0.1, -0.05) is 12.1 Å². The molecule has 3 rings (SSSR count). The quantitative estimate of drug-likeness (QED) is 0.192. The molecule has 28 heavy (non-hydrogen) atoms. The van der Waals surface area contributed by atoms with Crippen LogP contribution in [0.5, 0.6) is 5.75 Å². The monoisotopic (exact) mass is 393 g/mol. The molecule has 140 valence electrons. The smallest absolute Gasteiger partial charge is 0.283 e. The first-order chi connectivity index (χ1) is 13.6. The number of hydrogen-bond donors (Lipinski definition) is 0. The van der Waals surface area contributed by atoms with Crippen molar-refractivity contribution in [2.45, 2.75) is 10.1 Å². The van der Waals surface area contributed by atoms with Gasteiger partial charge < -0.3 is 4.74 Å². The minimum atomic E-state index is -0.464. The average molecular weight is 393 g/mol. The maximum absolute atomic E-state index is 12.3. The Bertz CT molecular complexity index is 1020. The number of hydrogen-bond acceptors (Lipinski definition) is 7. The van der Waals surface area contributed by atoms with Crippen molar-refractivity contribution in [1.29, 1.82) is 0 Å². The second kappa shape index (κ2) is 8.92. The summed E-state index contributed by atoms with van der Waals surface area (Å²) < 4.78 is 5.06. The highest BCUT2D eigenvalue weighted by Gasteiger charge is 2.16. The van der Waals surface area contributed by atoms with Gasteiger partial charge in [-0.15, -0.1) is 0 Å². The molecule has 1 heterocycles. The van der Waals surface area contributed by atoms with Crippen LogP contribution in [0, 0.1) is 10.1 Å². The summed E-state index contributed by atoms with van der Waals surface area (Å²) in [6, 6.07) is 13.1. The molecule has 0 spiro atoms. The maximum atomic E-state index is 12.3. The van der Waals surface area contributed by atoms with Crippen LogP contribution in [0.1, 0.15) is 15.9 Å². The number of allylic oxidation sites excluding steroid dienone is 1. The fourth-order valence-corrected chi connectivity index (χ4v) is 3.12. The molecule has 8 heteroatoms. The lowest BCUT2D eigenvalue weighted by Crippen LogP contribution is -1.95. The molecule has 0 N–H and O–H groups in total. The number of nitrogens with zero attached hydrogens (tertiary/aromatic N) is 3. The highest BCUT2D eigenvalue weighted by Crippen LogP contribution is 2.33. The van der Waals surface area contributed by atoms with Crippen molar-refractivity contribution in [1.82, 2.24) is 9.97 Å². The molecule has 0 aliphatic rings. The molecule has 0 bridgehead atoms. The van der Waals surface area contributed by atoms with Crippen LogP contribution in [-0.4, -0.2) is 27.8 Å². The highest BCUT2D eigenvalue weighted by atomic mass is 32.2. The number of rotatable bonds is 7. The van der Waals surface area contributed by atoms with E-state index in [0.29, 0.717) is 26.9 Å². The van der Waals surface area contributed by atoms with Crippen molar-refractivity contribution < 1.29 is 14.5 Å². The number of nitro groups is 1. The summed E-state index contributed by atoms with van der Waals surface area (Å²) in [5.74, 6) is 0.452. The van der Waals surface area contributed by atoms with Gasteiger partial charge in [0.25, 0.3) is 5.69 Å². The van der Waals surface area contributed by atoms with E-state index < -0.39 is 4.92 Å². The van der Waals surface area contributed by atoms with Gasteiger partial charge in [0.05, 0.1) is 16.9 Å². The van der Waals surface area contributed by atoms with Crippen molar-refractivity contribution >= 4 is 29.3 Å². The van der Waals surface area contributed by atoms with Crippen LogP contribution < -0.4 is 4.74 Å². The Morgan fingerprint density at radius 3 is 2.50 bits per heavy atom. The molecule has 0 fully saturated rings. The molecule has 0 amide bonds. The third-order valence-electron chi connectivity index (χ3n) is 3.72. The van der Waals surface area contributed by atoms with Gasteiger partial charge in [-0.3, -0.25) is 14.9 Å². The van der Waals surface area contributed by atoms with E-state index in [1.807, 2.05) is 0 Å². The zero-order chi connectivity index (χ0) is 19.9. The molecule has 0 aliphatic carbocycles. The highest BCUT2D eigenvalue weighted by molar-refractivity contribution is 7.99. The predicted octanol–water partition coefficient (Wildman–Crippen LogP) is 4.44. The van der Waals surface area contributed by atoms with Gasteiger partial charge in [0, 0.05) is 24.0 Å². The SMILES string of the molecule is COc1ccc(C(=O)C=Cc2ccc(Sc3ncccn3)c([N+](=O)[O-])c2)cc1. The Kier molecular flexibility index (Phi) is 6.13. The van der Waals surface area contributed by atoms with Crippen molar-refractivity contribution in [3.8, 4) is 5.75 Å². The van der Waals surface area contributed by atoms with E-state index in [9.17, 15) is 14.9 Å². The minimum absolute atomic E-state index is 0.0727. The van der Waals surface area contributed by atoms with Crippen LogP contribution in [0.25, 0.3) is 6.08 Å². The summed E-state index contributed by atoms with van der Waals surface area (Å²) >= 11 is 1.11. The minimum Gasteiger partial charge on any atom is -0.497 e. The van der Waals surface area contributed by atoms with E-state index in [2.05, 4.69) is 9.97 Å². The lowest BCUT2D eigenvalue weighted by molar-refractivity contribution is -0.387. The Labute approximate surface area is 165 Å². The first-order valence-corrected chi connectivity index (χ1v) is 8.98. The van der Waals surface area contributed by atoms with E-state index in [1.54, 1.807) is 68.0 Å². The molecule has 1 aromatic heterocycles. The summed E-state index contributed by atoms with van der Waals surface area (Å²) in [7, 11) is 1.55. The fraction of sp³-hybridized carbons (Fsp3) is 0.0500. The van der Waals surface area contributed by atoms with Gasteiger partial charge in [-0.05, 0) is 59.8 Å². The Balaban J connectivity index is 1.80. The lowest BCUT2D eigenvalue weighted by Gasteiger charge is -2.03. The first-order valence-electron chi connectivity index (χ1n) is 8.16. The van der Waals surface area contributed by atoms with Crippen molar-refractivity contribution in [3.63, 3.8) is 0 Å². The molecule has 0 atom stereocenters. The molecule has 0 aliphatic heterocycles. The summed E-state index contributed by atoms with van der Waals surface area (Å²) in [6.45, 7) is 0. The van der Waals surface area contributed by atoms with Gasteiger partial charge >= 0.3 is 0 Å². The zero-order valence-corrected chi connectivity index (χ0v) is 15.6. The van der Waals surface area contributed by atoms with Crippen LogP contribution in [0.4, 0.5) is 5.69 Å². The topological polar surface area (TPSA) is 95.2 Å². The summed E-state index contributed by atoms with van der Waals surface area (Å²) in [5, 5.41) is 11.9. The Morgan fingerprint density at radius 2 is 1.86 bits per heavy atom. The van der Waals surface area contributed by atoms with E-state index in [0.717, 1.165) is 11.8 Å². The summed E-state index contributed by atoms with van der Waals surface area (Å²) in [6.07, 6.45) is 6.08. The standard InChI is InChI=1S/C20H15N3O4S/c1-27-16-7-5-15(6-8-16)18(24)9-3-14-4-10-19(17(13-14)23(25)26)28-20-21-11-2-12-22-20/h2-13H,1H3. The Morgan fingerprint density at radius 1 is 1.14 bits per heavy atom. The molecular formula is C20H15N3O4S. The van der Waals surface area contributed by atoms with Gasteiger partial charge in [0.15, 0.2) is 10.9 Å². The van der Waals surface area contributed by atoms with Crippen LogP contribution in [0.2, 0.25) is 0 Å². The molecule has 0 unspecified atom stereocenters. The second-order valence-electron chi connectivity index (χ2n) is 5.54. The number of benzene rings is 2. The van der Waals surface area contributed by atoms with Crippen molar-refractivity contribution in [3.05, 3.63) is 88.2 Å². The number of carbonyl (C=O) groups is 1. The largest absolute Gasteiger partial charge is 0.497 e. The van der Waals surface area contributed by atoms with Gasteiger partial charge in [0.1, 0.15) is 5.75 Å². The number of nitro benzene ring substituents is 1. The number of carbonyl (C=O) groups excluding carboxylic acids is 1. The molecular weight excluding hydrogens is 378 g/mol. The van der Waals surface area contributed by atoms with E-state index in [4.69, 9.17) is 4.74 Å². The number of aromatic nitrogens is 2. The predicted molar refractivity (Wildman–Crippen MR) is 106 cm³/mol. The number of methoxy groups -OCH3 is 1. The van der Waals surface area contributed by atoms with Crippen LogP contribution in [-0.2, 0) is 0 Å². The van der Waals surface area contributed by atoms with Crippen LogP contribution in [0.3, 0.4) is 0 Å². The number of ketones is 1.